The molecule has 0 atom stereocenters. The van der Waals surface area contributed by atoms with Crippen LogP contribution in [0, 0.1) is 6.92 Å². The van der Waals surface area contributed by atoms with Gasteiger partial charge in [0.25, 0.3) is 5.91 Å². The van der Waals surface area contributed by atoms with Gasteiger partial charge in [0.05, 0.1) is 5.56 Å². The Kier molecular flexibility index (Phi) is 7.92. The predicted octanol–water partition coefficient (Wildman–Crippen LogP) is 6.06. The number of hydrogen-bond donors (Lipinski definition) is 1. The molecule has 1 N–H and O–H groups in total. The Morgan fingerprint density at radius 2 is 1.86 bits per heavy atom. The third-order valence-corrected chi connectivity index (χ3v) is 5.33. The summed E-state index contributed by atoms with van der Waals surface area (Å²) in [5.41, 5.74) is 1.82. The van der Waals surface area contributed by atoms with E-state index in [0.717, 1.165) is 5.56 Å². The van der Waals surface area contributed by atoms with E-state index >= 15 is 0 Å². The van der Waals surface area contributed by atoms with Crippen molar-refractivity contribution in [3.8, 4) is 0 Å². The summed E-state index contributed by atoms with van der Waals surface area (Å²) in [6.07, 6.45) is 1.62. The lowest BCUT2D eigenvalue weighted by molar-refractivity contribution is -0.0102. The summed E-state index contributed by atoms with van der Waals surface area (Å²) in [5, 5.41) is 2.86. The Morgan fingerprint density at radius 1 is 1.18 bits per heavy atom. The van der Waals surface area contributed by atoms with Gasteiger partial charge in [0.1, 0.15) is 5.82 Å². The summed E-state index contributed by atoms with van der Waals surface area (Å²) in [5.74, 6) is -2.50. The van der Waals surface area contributed by atoms with Gasteiger partial charge in [0, 0.05) is 42.3 Å². The quantitative estimate of drug-likeness (QED) is 0.614. The van der Waals surface area contributed by atoms with Crippen LogP contribution in [-0.4, -0.2) is 29.9 Å². The van der Waals surface area contributed by atoms with Crippen LogP contribution in [0.3, 0.4) is 0 Å². The van der Waals surface area contributed by atoms with Crippen LogP contribution in [0.5, 0.6) is 0 Å². The Bertz CT molecular complexity index is 800. The number of hydrogen-bond acceptors (Lipinski definition) is 3. The lowest BCUT2D eigenvalue weighted by atomic mass is 10.1. The number of nitrogens with one attached hydrogen (secondary N) is 1. The maximum atomic E-state index is 13.7. The van der Waals surface area contributed by atoms with Crippen LogP contribution in [-0.2, 0) is 0 Å². The van der Waals surface area contributed by atoms with Crippen LogP contribution in [0.1, 0.15) is 49.0 Å². The fraction of sp³-hybridized carbons (Fsp3) is 0.429. The van der Waals surface area contributed by atoms with Gasteiger partial charge in [-0.15, -0.1) is 0 Å². The van der Waals surface area contributed by atoms with E-state index in [1.54, 1.807) is 23.2 Å². The van der Waals surface area contributed by atoms with E-state index in [1.807, 2.05) is 39.0 Å². The van der Waals surface area contributed by atoms with Gasteiger partial charge in [-0.1, -0.05) is 32.0 Å². The second kappa shape index (κ2) is 9.96. The lowest BCUT2D eigenvalue weighted by Crippen LogP contribution is -2.30. The Morgan fingerprint density at radius 3 is 2.54 bits per heavy atom. The highest BCUT2D eigenvalue weighted by Crippen LogP contribution is 2.33. The summed E-state index contributed by atoms with van der Waals surface area (Å²) in [4.78, 5) is 19.1. The predicted molar refractivity (Wildman–Crippen MR) is 113 cm³/mol. The average molecular weight is 454 g/mol. The maximum Gasteiger partial charge on any atom is 0.259 e. The van der Waals surface area contributed by atoms with Crippen molar-refractivity contribution in [1.29, 1.82) is 0 Å². The van der Waals surface area contributed by atoms with E-state index in [4.69, 9.17) is 0 Å². The number of carbonyl (C=O) groups excluding carboxylic acids is 1. The van der Waals surface area contributed by atoms with Crippen LogP contribution >= 0.6 is 15.9 Å². The molecule has 7 heteroatoms. The van der Waals surface area contributed by atoms with Crippen LogP contribution in [0.2, 0.25) is 0 Å². The van der Waals surface area contributed by atoms with E-state index in [-0.39, 0.29) is 25.3 Å². The van der Waals surface area contributed by atoms with Crippen molar-refractivity contribution in [2.45, 2.75) is 46.0 Å². The number of anilines is 2. The van der Waals surface area contributed by atoms with Gasteiger partial charge in [-0.3, -0.25) is 4.79 Å². The third kappa shape index (κ3) is 5.50. The highest BCUT2D eigenvalue weighted by atomic mass is 79.9. The molecule has 0 unspecified atom stereocenters. The molecule has 28 heavy (non-hydrogen) atoms. The van der Waals surface area contributed by atoms with Crippen molar-refractivity contribution in [3.63, 3.8) is 0 Å². The fourth-order valence-corrected chi connectivity index (χ4v) is 3.37. The van der Waals surface area contributed by atoms with Crippen molar-refractivity contribution in [2.24, 2.45) is 0 Å². The van der Waals surface area contributed by atoms with Gasteiger partial charge in [0.15, 0.2) is 0 Å². The molecule has 0 saturated carbocycles. The average Bonchev–Trinajstić information content (AvgIpc) is 2.86. The lowest BCUT2D eigenvalue weighted by Gasteiger charge is -2.25. The van der Waals surface area contributed by atoms with Gasteiger partial charge >= 0.3 is 0 Å². The number of pyridine rings is 1. The molecule has 1 saturated heterocycles. The van der Waals surface area contributed by atoms with Gasteiger partial charge in [0.2, 0.25) is 5.92 Å². The summed E-state index contributed by atoms with van der Waals surface area (Å²) < 4.78 is 28.1. The SMILES string of the molecule is CC.Cc1c(Br)cnc(N2CCCC(F)(F)CC2)c1C(=O)Nc1ccccc1. The normalized spacial score (nSPS) is 15.9. The number of nitrogens with zero attached hydrogens (tertiary/aromatic N) is 2. The zero-order valence-corrected chi connectivity index (χ0v) is 18.0. The van der Waals surface area contributed by atoms with Gasteiger partial charge in [-0.2, -0.15) is 0 Å². The molecule has 1 aliphatic heterocycles. The van der Waals surface area contributed by atoms with E-state index in [1.165, 1.54) is 0 Å². The summed E-state index contributed by atoms with van der Waals surface area (Å²) >= 11 is 3.41. The van der Waals surface area contributed by atoms with Crippen molar-refractivity contribution < 1.29 is 13.6 Å². The molecule has 1 aromatic carbocycles. The smallest absolute Gasteiger partial charge is 0.259 e. The largest absolute Gasteiger partial charge is 0.356 e. The minimum Gasteiger partial charge on any atom is -0.356 e. The number of benzene rings is 1. The first-order chi connectivity index (χ1) is 13.4. The zero-order chi connectivity index (χ0) is 20.7. The Hall–Kier alpha value is -2.02. The van der Waals surface area contributed by atoms with Crippen molar-refractivity contribution in [1.82, 2.24) is 4.98 Å². The van der Waals surface area contributed by atoms with Gasteiger partial charge in [-0.05, 0) is 47.0 Å². The highest BCUT2D eigenvalue weighted by molar-refractivity contribution is 9.10. The first kappa shape index (κ1) is 22.3. The molecule has 0 spiro atoms. The number of alkyl halides is 2. The van der Waals surface area contributed by atoms with E-state index in [9.17, 15) is 13.6 Å². The van der Waals surface area contributed by atoms with Gasteiger partial charge < -0.3 is 10.2 Å². The number of rotatable bonds is 3. The molecule has 0 bridgehead atoms. The highest BCUT2D eigenvalue weighted by Gasteiger charge is 2.33. The fourth-order valence-electron chi connectivity index (χ4n) is 3.07. The Labute approximate surface area is 173 Å². The third-order valence-electron chi connectivity index (χ3n) is 4.53. The molecule has 4 nitrogen and oxygen atoms in total. The van der Waals surface area contributed by atoms with Crippen molar-refractivity contribution in [2.75, 3.05) is 23.3 Å². The molecule has 1 aromatic heterocycles. The molecule has 0 aliphatic carbocycles. The summed E-state index contributed by atoms with van der Waals surface area (Å²) in [6.45, 7) is 6.45. The maximum absolute atomic E-state index is 13.7. The molecule has 152 valence electrons. The molecule has 2 heterocycles. The van der Waals surface area contributed by atoms with Crippen molar-refractivity contribution >= 4 is 33.3 Å². The minimum atomic E-state index is -2.66. The summed E-state index contributed by atoms with van der Waals surface area (Å²) in [6, 6.07) is 9.12. The van der Waals surface area contributed by atoms with Crippen LogP contribution < -0.4 is 10.2 Å². The molecule has 2 aromatic rings. The van der Waals surface area contributed by atoms with E-state index < -0.39 is 5.92 Å². The first-order valence-corrected chi connectivity index (χ1v) is 10.3. The monoisotopic (exact) mass is 453 g/mol. The molecule has 0 radical (unpaired) electrons. The minimum absolute atomic E-state index is 0.134. The van der Waals surface area contributed by atoms with E-state index in [2.05, 4.69) is 26.2 Å². The molecule has 1 aliphatic rings. The summed E-state index contributed by atoms with van der Waals surface area (Å²) in [7, 11) is 0. The topological polar surface area (TPSA) is 45.2 Å². The molecular formula is C21H26BrF2N3O. The number of para-hydroxylation sites is 1. The second-order valence-electron chi connectivity index (χ2n) is 6.45. The van der Waals surface area contributed by atoms with Crippen LogP contribution in [0.15, 0.2) is 41.0 Å². The van der Waals surface area contributed by atoms with Crippen molar-refractivity contribution in [3.05, 3.63) is 52.1 Å². The number of amides is 1. The van der Waals surface area contributed by atoms with Crippen LogP contribution in [0.4, 0.5) is 20.3 Å². The van der Waals surface area contributed by atoms with Gasteiger partial charge in [-0.25, -0.2) is 13.8 Å². The molecular weight excluding hydrogens is 428 g/mol. The first-order valence-electron chi connectivity index (χ1n) is 9.52. The second-order valence-corrected chi connectivity index (χ2v) is 7.30. The number of halogens is 3. The standard InChI is InChI=1S/C19H20BrF2N3O.C2H6/c1-13-15(20)12-23-17(25-10-5-8-19(21,22)9-11-25)16(13)18(26)24-14-6-3-2-4-7-14;1-2/h2-4,6-7,12H,5,8-11H2,1H3,(H,24,26);1-2H3. The molecule has 1 fully saturated rings. The number of aromatic nitrogens is 1. The zero-order valence-electron chi connectivity index (χ0n) is 16.4. The Balaban J connectivity index is 0.00000136. The van der Waals surface area contributed by atoms with E-state index in [0.29, 0.717) is 34.5 Å². The molecule has 3 rings (SSSR count). The number of carbonyl (C=O) groups is 1. The van der Waals surface area contributed by atoms with Crippen LogP contribution in [0.25, 0.3) is 0 Å². The molecule has 1 amide bonds.